The summed E-state index contributed by atoms with van der Waals surface area (Å²) in [7, 11) is 0. The predicted molar refractivity (Wildman–Crippen MR) is 90.8 cm³/mol. The largest absolute Gasteiger partial charge is 0.480 e. The molecule has 1 fully saturated rings. The van der Waals surface area contributed by atoms with Crippen LogP contribution >= 0.6 is 0 Å². The average molecular weight is 359 g/mol. The molecule has 2 heterocycles. The minimum absolute atomic E-state index is 0.104. The zero-order valence-corrected chi connectivity index (χ0v) is 14.2. The lowest BCUT2D eigenvalue weighted by Crippen LogP contribution is -2.49. The fourth-order valence-electron chi connectivity index (χ4n) is 3.13. The van der Waals surface area contributed by atoms with Gasteiger partial charge < -0.3 is 10.0 Å². The van der Waals surface area contributed by atoms with Crippen LogP contribution in [0.3, 0.4) is 0 Å². The maximum Gasteiger partial charge on any atom is 0.326 e. The molecule has 2 aromatic rings. The molecule has 0 bridgehead atoms. The van der Waals surface area contributed by atoms with Crippen LogP contribution in [0.25, 0.3) is 5.69 Å². The predicted octanol–water partition coefficient (Wildman–Crippen LogP) is 1.76. The van der Waals surface area contributed by atoms with Gasteiger partial charge in [-0.05, 0) is 38.3 Å². The number of amides is 1. The van der Waals surface area contributed by atoms with Gasteiger partial charge in [-0.1, -0.05) is 12.1 Å². The van der Waals surface area contributed by atoms with Crippen molar-refractivity contribution in [2.45, 2.75) is 32.2 Å². The number of piperidine rings is 1. The Hall–Kier alpha value is -3.03. The Morgan fingerprint density at radius 1 is 1.27 bits per heavy atom. The summed E-state index contributed by atoms with van der Waals surface area (Å²) in [6.07, 6.45) is 1.68. The summed E-state index contributed by atoms with van der Waals surface area (Å²) in [5, 5.41) is 13.4. The molecule has 1 atom stereocenters. The number of rotatable bonds is 3. The van der Waals surface area contributed by atoms with Crippen LogP contribution in [-0.4, -0.2) is 44.3 Å². The van der Waals surface area contributed by atoms with Gasteiger partial charge in [-0.3, -0.25) is 9.59 Å². The second-order valence-corrected chi connectivity index (χ2v) is 6.21. The quantitative estimate of drug-likeness (QED) is 0.901. The van der Waals surface area contributed by atoms with Gasteiger partial charge in [0, 0.05) is 18.3 Å². The number of aromatic nitrogens is 2. The highest BCUT2D eigenvalue weighted by Gasteiger charge is 2.34. The molecule has 26 heavy (non-hydrogen) atoms. The topological polar surface area (TPSA) is 92.5 Å². The maximum absolute atomic E-state index is 14.1. The van der Waals surface area contributed by atoms with Gasteiger partial charge in [-0.25, -0.2) is 13.9 Å². The summed E-state index contributed by atoms with van der Waals surface area (Å²) in [5.74, 6) is -2.40. The Morgan fingerprint density at radius 2 is 2.00 bits per heavy atom. The van der Waals surface area contributed by atoms with Crippen molar-refractivity contribution in [3.63, 3.8) is 0 Å². The number of carboxylic acid groups (broad SMARTS) is 1. The van der Waals surface area contributed by atoms with Crippen molar-refractivity contribution in [1.82, 2.24) is 14.7 Å². The van der Waals surface area contributed by atoms with Gasteiger partial charge in [0.1, 0.15) is 17.5 Å². The Bertz CT molecular complexity index is 925. The van der Waals surface area contributed by atoms with E-state index in [2.05, 4.69) is 5.10 Å². The summed E-state index contributed by atoms with van der Waals surface area (Å²) >= 11 is 0. The highest BCUT2D eigenvalue weighted by atomic mass is 19.1. The smallest absolute Gasteiger partial charge is 0.326 e. The lowest BCUT2D eigenvalue weighted by atomic mass is 10.0. The number of hydrogen-bond donors (Lipinski definition) is 1. The monoisotopic (exact) mass is 359 g/mol. The van der Waals surface area contributed by atoms with Crippen LogP contribution in [0, 0.1) is 12.7 Å². The summed E-state index contributed by atoms with van der Waals surface area (Å²) in [4.78, 5) is 37.7. The molecule has 0 unspecified atom stereocenters. The van der Waals surface area contributed by atoms with Gasteiger partial charge in [-0.15, -0.1) is 0 Å². The van der Waals surface area contributed by atoms with E-state index in [-0.39, 0.29) is 12.2 Å². The molecule has 1 amide bonds. The SMILES string of the molecule is Cc1cc(=O)c(C(=O)N2CCCC[C@H]2C(=O)O)nn1-c1ccccc1F. The molecule has 0 saturated carbocycles. The molecular weight excluding hydrogens is 341 g/mol. The second kappa shape index (κ2) is 7.07. The van der Waals surface area contributed by atoms with Crippen LogP contribution < -0.4 is 5.43 Å². The first-order chi connectivity index (χ1) is 12.4. The first kappa shape index (κ1) is 17.8. The van der Waals surface area contributed by atoms with Crippen LogP contribution in [-0.2, 0) is 4.79 Å². The number of benzene rings is 1. The Balaban J connectivity index is 2.06. The molecule has 136 valence electrons. The third kappa shape index (κ3) is 3.22. The lowest BCUT2D eigenvalue weighted by Gasteiger charge is -2.32. The van der Waals surface area contributed by atoms with Crippen molar-refractivity contribution in [1.29, 1.82) is 0 Å². The van der Waals surface area contributed by atoms with Crippen molar-refractivity contribution in [3.05, 3.63) is 57.8 Å². The van der Waals surface area contributed by atoms with E-state index in [4.69, 9.17) is 0 Å². The molecule has 8 heteroatoms. The Kier molecular flexibility index (Phi) is 4.83. The number of para-hydroxylation sites is 1. The number of carboxylic acids is 1. The van der Waals surface area contributed by atoms with Crippen molar-refractivity contribution < 1.29 is 19.1 Å². The first-order valence-corrected chi connectivity index (χ1v) is 8.30. The maximum atomic E-state index is 14.1. The van der Waals surface area contributed by atoms with Gasteiger partial charge in [0.15, 0.2) is 5.69 Å². The third-order valence-electron chi connectivity index (χ3n) is 4.44. The lowest BCUT2D eigenvalue weighted by molar-refractivity contribution is -0.143. The van der Waals surface area contributed by atoms with E-state index in [1.807, 2.05) is 0 Å². The van der Waals surface area contributed by atoms with Gasteiger partial charge in [-0.2, -0.15) is 5.10 Å². The highest BCUT2D eigenvalue weighted by molar-refractivity contribution is 5.95. The number of nitrogens with zero attached hydrogens (tertiary/aromatic N) is 3. The van der Waals surface area contributed by atoms with Crippen LogP contribution in [0.1, 0.15) is 35.4 Å². The number of aliphatic carboxylic acids is 1. The molecule has 3 rings (SSSR count). The highest BCUT2D eigenvalue weighted by Crippen LogP contribution is 2.19. The van der Waals surface area contributed by atoms with Crippen molar-refractivity contribution in [2.75, 3.05) is 6.54 Å². The molecule has 0 aliphatic carbocycles. The van der Waals surface area contributed by atoms with E-state index < -0.39 is 34.9 Å². The van der Waals surface area contributed by atoms with Crippen LogP contribution in [0.2, 0.25) is 0 Å². The first-order valence-electron chi connectivity index (χ1n) is 8.30. The normalized spacial score (nSPS) is 17.2. The zero-order valence-electron chi connectivity index (χ0n) is 14.2. The molecule has 1 aliphatic rings. The average Bonchev–Trinajstić information content (AvgIpc) is 2.62. The van der Waals surface area contributed by atoms with Gasteiger partial charge in [0.25, 0.3) is 5.91 Å². The number of hydrogen-bond acceptors (Lipinski definition) is 4. The van der Waals surface area contributed by atoms with Gasteiger partial charge in [0.05, 0.1) is 0 Å². The third-order valence-corrected chi connectivity index (χ3v) is 4.44. The standard InChI is InChI=1S/C18H18FN3O4/c1-11-10-15(23)16(20-22(11)13-7-3-2-6-12(13)19)17(24)21-9-5-4-8-14(21)18(25)26/h2-3,6-7,10,14H,4-5,8-9H2,1H3,(H,25,26)/t14-/m0/s1. The number of halogens is 1. The Morgan fingerprint density at radius 3 is 2.69 bits per heavy atom. The summed E-state index contributed by atoms with van der Waals surface area (Å²) < 4.78 is 15.3. The van der Waals surface area contributed by atoms with E-state index >= 15 is 0 Å². The molecular formula is C18H18FN3O4. The summed E-state index contributed by atoms with van der Waals surface area (Å²) in [6.45, 7) is 1.82. The Labute approximate surface area is 148 Å². The van der Waals surface area contributed by atoms with Crippen LogP contribution in [0.4, 0.5) is 4.39 Å². The molecule has 1 aliphatic heterocycles. The van der Waals surface area contributed by atoms with E-state index in [9.17, 15) is 23.9 Å². The number of likely N-dealkylation sites (tertiary alicyclic amines) is 1. The summed E-state index contributed by atoms with van der Waals surface area (Å²) in [5.41, 5.74) is -0.556. The van der Waals surface area contributed by atoms with Crippen molar-refractivity contribution in [2.24, 2.45) is 0 Å². The minimum atomic E-state index is -1.11. The molecule has 7 nitrogen and oxygen atoms in total. The van der Waals surface area contributed by atoms with Gasteiger partial charge >= 0.3 is 5.97 Å². The van der Waals surface area contributed by atoms with Gasteiger partial charge in [0.2, 0.25) is 5.43 Å². The zero-order chi connectivity index (χ0) is 18.8. The molecule has 0 spiro atoms. The molecule has 1 N–H and O–H groups in total. The van der Waals surface area contributed by atoms with E-state index in [0.717, 1.165) is 4.90 Å². The fraction of sp³-hybridized carbons (Fsp3) is 0.333. The number of carbonyl (C=O) groups is 2. The minimum Gasteiger partial charge on any atom is -0.480 e. The number of carbonyl (C=O) groups excluding carboxylic acids is 1. The summed E-state index contributed by atoms with van der Waals surface area (Å²) in [6, 6.07) is 6.08. The molecule has 1 saturated heterocycles. The van der Waals surface area contributed by atoms with Crippen LogP contribution in [0.5, 0.6) is 0 Å². The second-order valence-electron chi connectivity index (χ2n) is 6.21. The van der Waals surface area contributed by atoms with E-state index in [1.54, 1.807) is 13.0 Å². The van der Waals surface area contributed by atoms with E-state index in [0.29, 0.717) is 25.0 Å². The van der Waals surface area contributed by atoms with Crippen LogP contribution in [0.15, 0.2) is 35.1 Å². The van der Waals surface area contributed by atoms with E-state index in [1.165, 1.54) is 28.9 Å². The molecule has 1 aromatic heterocycles. The van der Waals surface area contributed by atoms with Crippen molar-refractivity contribution in [3.8, 4) is 5.69 Å². The van der Waals surface area contributed by atoms with Crippen molar-refractivity contribution >= 4 is 11.9 Å². The molecule has 1 aromatic carbocycles. The fourth-order valence-corrected chi connectivity index (χ4v) is 3.13. The number of aryl methyl sites for hydroxylation is 1. The molecule has 0 radical (unpaired) electrons.